The molecule has 4 heteroatoms. The van der Waals surface area contributed by atoms with Gasteiger partial charge in [-0.1, -0.05) is 30.3 Å². The Morgan fingerprint density at radius 2 is 1.73 bits per heavy atom. The highest BCUT2D eigenvalue weighted by Crippen LogP contribution is 2.22. The third kappa shape index (κ3) is 5.15. The predicted molar refractivity (Wildman–Crippen MR) is 104 cm³/mol. The molecule has 1 aliphatic rings. The fourth-order valence-corrected chi connectivity index (χ4v) is 3.69. The summed E-state index contributed by atoms with van der Waals surface area (Å²) in [5.74, 6) is 0.578. The summed E-state index contributed by atoms with van der Waals surface area (Å²) in [4.78, 5) is 16.3. The molecular formula is C22H27FN2O. The van der Waals surface area contributed by atoms with Crippen molar-refractivity contribution in [1.82, 2.24) is 4.90 Å². The summed E-state index contributed by atoms with van der Waals surface area (Å²) in [5, 5.41) is 0. The fourth-order valence-electron chi connectivity index (χ4n) is 3.69. The van der Waals surface area contributed by atoms with E-state index in [-0.39, 0.29) is 11.7 Å². The number of carbonyl (C=O) groups excluding carboxylic acids is 1. The molecule has 0 aliphatic carbocycles. The van der Waals surface area contributed by atoms with Crippen molar-refractivity contribution in [2.24, 2.45) is 5.92 Å². The van der Waals surface area contributed by atoms with Crippen LogP contribution in [0.15, 0.2) is 54.6 Å². The molecule has 2 aromatic rings. The number of benzene rings is 2. The van der Waals surface area contributed by atoms with Crippen LogP contribution in [0.4, 0.5) is 10.1 Å². The van der Waals surface area contributed by atoms with Crippen molar-refractivity contribution < 1.29 is 9.18 Å². The van der Waals surface area contributed by atoms with E-state index in [1.807, 2.05) is 47.4 Å². The van der Waals surface area contributed by atoms with Gasteiger partial charge in [0, 0.05) is 25.7 Å². The van der Waals surface area contributed by atoms with E-state index >= 15 is 0 Å². The van der Waals surface area contributed by atoms with E-state index in [1.165, 1.54) is 5.56 Å². The minimum absolute atomic E-state index is 0.0856. The van der Waals surface area contributed by atoms with Gasteiger partial charge in [0.15, 0.2) is 0 Å². The van der Waals surface area contributed by atoms with Crippen molar-refractivity contribution in [3.63, 3.8) is 0 Å². The van der Waals surface area contributed by atoms with E-state index in [2.05, 4.69) is 4.90 Å². The maximum atomic E-state index is 13.0. The Morgan fingerprint density at radius 1 is 1.08 bits per heavy atom. The first-order valence-corrected chi connectivity index (χ1v) is 9.42. The molecule has 1 saturated heterocycles. The Morgan fingerprint density at radius 3 is 2.35 bits per heavy atom. The van der Waals surface area contributed by atoms with Crippen molar-refractivity contribution in [2.45, 2.75) is 26.2 Å². The van der Waals surface area contributed by atoms with E-state index in [9.17, 15) is 9.18 Å². The number of rotatable bonds is 6. The second-order valence-electron chi connectivity index (χ2n) is 7.12. The topological polar surface area (TPSA) is 23.6 Å². The molecule has 0 saturated carbocycles. The van der Waals surface area contributed by atoms with Crippen molar-refractivity contribution >= 4 is 11.6 Å². The second kappa shape index (κ2) is 8.95. The minimum Gasteiger partial charge on any atom is -0.311 e. The summed E-state index contributed by atoms with van der Waals surface area (Å²) in [6.45, 7) is 5.38. The summed E-state index contributed by atoms with van der Waals surface area (Å²) in [6, 6.07) is 16.7. The van der Waals surface area contributed by atoms with Gasteiger partial charge in [-0.15, -0.1) is 0 Å². The van der Waals surface area contributed by atoms with Crippen molar-refractivity contribution in [3.8, 4) is 0 Å². The van der Waals surface area contributed by atoms with Gasteiger partial charge in [-0.05, 0) is 68.1 Å². The van der Waals surface area contributed by atoms with Gasteiger partial charge in [0.25, 0.3) is 0 Å². The van der Waals surface area contributed by atoms with Crippen LogP contribution in [0.3, 0.4) is 0 Å². The maximum absolute atomic E-state index is 13.0. The fraction of sp³-hybridized carbons (Fsp3) is 0.409. The van der Waals surface area contributed by atoms with E-state index in [0.717, 1.165) is 51.1 Å². The number of likely N-dealkylation sites (tertiary alicyclic amines) is 1. The van der Waals surface area contributed by atoms with Gasteiger partial charge < -0.3 is 9.80 Å². The van der Waals surface area contributed by atoms with E-state index in [0.29, 0.717) is 5.92 Å². The quantitative estimate of drug-likeness (QED) is 0.779. The molecule has 0 bridgehead atoms. The van der Waals surface area contributed by atoms with Crippen molar-refractivity contribution in [3.05, 3.63) is 66.0 Å². The number of anilines is 1. The van der Waals surface area contributed by atoms with Crippen LogP contribution in [0.25, 0.3) is 0 Å². The molecule has 0 radical (unpaired) electrons. The molecule has 138 valence electrons. The van der Waals surface area contributed by atoms with Crippen LogP contribution < -0.4 is 4.90 Å². The highest BCUT2D eigenvalue weighted by atomic mass is 19.1. The lowest BCUT2D eigenvalue weighted by Crippen LogP contribution is -2.41. The molecule has 0 aromatic heterocycles. The largest absolute Gasteiger partial charge is 0.311 e. The standard InChI is InChI=1S/C22H27FN2O/c1-18(26)25(22-5-3-2-4-6-22)16-15-24-13-11-20(12-14-24)17-19-7-9-21(23)10-8-19/h2-10,20H,11-17H2,1H3. The number of amides is 1. The van der Waals surface area contributed by atoms with E-state index < -0.39 is 0 Å². The Bertz CT molecular complexity index is 694. The maximum Gasteiger partial charge on any atom is 0.223 e. The molecule has 1 fully saturated rings. The monoisotopic (exact) mass is 354 g/mol. The molecule has 0 N–H and O–H groups in total. The van der Waals surface area contributed by atoms with Crippen LogP contribution >= 0.6 is 0 Å². The van der Waals surface area contributed by atoms with Gasteiger partial charge in [0.05, 0.1) is 0 Å². The molecule has 0 spiro atoms. The molecular weight excluding hydrogens is 327 g/mol. The lowest BCUT2D eigenvalue weighted by Gasteiger charge is -2.33. The third-order valence-corrected chi connectivity index (χ3v) is 5.23. The van der Waals surface area contributed by atoms with Crippen LogP contribution in [0.2, 0.25) is 0 Å². The molecule has 0 unspecified atom stereocenters. The minimum atomic E-state index is -0.169. The first kappa shape index (κ1) is 18.6. The van der Waals surface area contributed by atoms with Crippen LogP contribution in [-0.2, 0) is 11.2 Å². The molecule has 3 nitrogen and oxygen atoms in total. The number of nitrogens with zero attached hydrogens (tertiary/aromatic N) is 2. The summed E-state index contributed by atoms with van der Waals surface area (Å²) < 4.78 is 13.0. The zero-order valence-electron chi connectivity index (χ0n) is 15.4. The SMILES string of the molecule is CC(=O)N(CCN1CCC(Cc2ccc(F)cc2)CC1)c1ccccc1. The average Bonchev–Trinajstić information content (AvgIpc) is 2.66. The molecule has 1 amide bonds. The van der Waals surface area contributed by atoms with Crippen LogP contribution in [0, 0.1) is 11.7 Å². The van der Waals surface area contributed by atoms with Gasteiger partial charge in [-0.3, -0.25) is 4.79 Å². The smallest absolute Gasteiger partial charge is 0.223 e. The lowest BCUT2D eigenvalue weighted by atomic mass is 9.90. The van der Waals surface area contributed by atoms with Crippen molar-refractivity contribution in [2.75, 3.05) is 31.1 Å². The summed E-state index contributed by atoms with van der Waals surface area (Å²) >= 11 is 0. The normalized spacial score (nSPS) is 15.8. The van der Waals surface area contributed by atoms with Crippen LogP contribution in [0.5, 0.6) is 0 Å². The number of hydrogen-bond donors (Lipinski definition) is 0. The Labute approximate surface area is 155 Å². The second-order valence-corrected chi connectivity index (χ2v) is 7.12. The summed E-state index contributed by atoms with van der Waals surface area (Å²) in [7, 11) is 0. The van der Waals surface area contributed by atoms with Gasteiger partial charge in [-0.25, -0.2) is 4.39 Å². The Hall–Kier alpha value is -2.20. The third-order valence-electron chi connectivity index (χ3n) is 5.23. The molecule has 26 heavy (non-hydrogen) atoms. The van der Waals surface area contributed by atoms with Gasteiger partial charge in [-0.2, -0.15) is 0 Å². The molecule has 0 atom stereocenters. The number of carbonyl (C=O) groups is 1. The van der Waals surface area contributed by atoms with Gasteiger partial charge in [0.1, 0.15) is 5.82 Å². The molecule has 3 rings (SSSR count). The van der Waals surface area contributed by atoms with E-state index in [4.69, 9.17) is 0 Å². The van der Waals surface area contributed by atoms with Crippen molar-refractivity contribution in [1.29, 1.82) is 0 Å². The molecule has 1 heterocycles. The summed E-state index contributed by atoms with van der Waals surface area (Å²) in [5.41, 5.74) is 2.18. The number of piperidine rings is 1. The van der Waals surface area contributed by atoms with Gasteiger partial charge >= 0.3 is 0 Å². The lowest BCUT2D eigenvalue weighted by molar-refractivity contribution is -0.116. The predicted octanol–water partition coefficient (Wildman–Crippen LogP) is 4.13. The number of hydrogen-bond acceptors (Lipinski definition) is 2. The van der Waals surface area contributed by atoms with Crippen LogP contribution in [-0.4, -0.2) is 37.0 Å². The highest BCUT2D eigenvalue weighted by molar-refractivity contribution is 5.91. The number of para-hydroxylation sites is 1. The van der Waals surface area contributed by atoms with E-state index in [1.54, 1.807) is 19.1 Å². The Kier molecular flexibility index (Phi) is 6.40. The van der Waals surface area contributed by atoms with Crippen LogP contribution in [0.1, 0.15) is 25.3 Å². The highest BCUT2D eigenvalue weighted by Gasteiger charge is 2.20. The first-order chi connectivity index (χ1) is 12.6. The Balaban J connectivity index is 1.46. The average molecular weight is 354 g/mol. The molecule has 2 aromatic carbocycles. The number of halogens is 1. The van der Waals surface area contributed by atoms with Gasteiger partial charge in [0.2, 0.25) is 5.91 Å². The first-order valence-electron chi connectivity index (χ1n) is 9.42. The zero-order chi connectivity index (χ0) is 18.4. The molecule has 1 aliphatic heterocycles. The summed E-state index contributed by atoms with van der Waals surface area (Å²) in [6.07, 6.45) is 3.34. The zero-order valence-corrected chi connectivity index (χ0v) is 15.4.